The highest BCUT2D eigenvalue weighted by atomic mass is 32.2. The molecule has 0 spiro atoms. The van der Waals surface area contributed by atoms with Crippen LogP contribution in [-0.2, 0) is 9.59 Å². The second kappa shape index (κ2) is 7.54. The number of carbonyl (C=O) groups is 2. The van der Waals surface area contributed by atoms with Crippen LogP contribution in [0.2, 0.25) is 0 Å². The normalized spacial score (nSPS) is 14.6. The van der Waals surface area contributed by atoms with Gasteiger partial charge < -0.3 is 10.4 Å². The van der Waals surface area contributed by atoms with Crippen LogP contribution in [0.3, 0.4) is 0 Å². The monoisotopic (exact) mass is 247 g/mol. The predicted octanol–water partition coefficient (Wildman–Crippen LogP) is 1.89. The van der Waals surface area contributed by atoms with E-state index < -0.39 is 11.2 Å². The van der Waals surface area contributed by atoms with Crippen LogP contribution in [0.25, 0.3) is 0 Å². The topological polar surface area (TPSA) is 66.4 Å². The van der Waals surface area contributed by atoms with Gasteiger partial charge in [-0.1, -0.05) is 13.8 Å². The smallest absolute Gasteiger partial charge is 0.305 e. The zero-order valence-electron chi connectivity index (χ0n) is 10.3. The van der Waals surface area contributed by atoms with E-state index >= 15 is 0 Å². The SMILES string of the molecule is CCC(C)SC(CC(=O)O)C(=O)NC(C)C. The summed E-state index contributed by atoms with van der Waals surface area (Å²) < 4.78 is 0. The van der Waals surface area contributed by atoms with E-state index in [-0.39, 0.29) is 18.4 Å². The van der Waals surface area contributed by atoms with Gasteiger partial charge in [0.2, 0.25) is 5.91 Å². The molecule has 0 bridgehead atoms. The van der Waals surface area contributed by atoms with Gasteiger partial charge in [-0.3, -0.25) is 9.59 Å². The highest BCUT2D eigenvalue weighted by molar-refractivity contribution is 8.01. The fraction of sp³-hybridized carbons (Fsp3) is 0.818. The van der Waals surface area contributed by atoms with Crippen LogP contribution in [0, 0.1) is 0 Å². The minimum Gasteiger partial charge on any atom is -0.481 e. The molecule has 4 nitrogen and oxygen atoms in total. The maximum atomic E-state index is 11.7. The molecule has 0 aromatic heterocycles. The molecule has 2 unspecified atom stereocenters. The van der Waals surface area contributed by atoms with Gasteiger partial charge in [-0.15, -0.1) is 11.8 Å². The summed E-state index contributed by atoms with van der Waals surface area (Å²) in [6.07, 6.45) is 0.809. The van der Waals surface area contributed by atoms with Crippen LogP contribution < -0.4 is 5.32 Å². The Balaban J connectivity index is 4.40. The van der Waals surface area contributed by atoms with E-state index in [1.165, 1.54) is 11.8 Å². The van der Waals surface area contributed by atoms with Gasteiger partial charge in [0.1, 0.15) is 0 Å². The lowest BCUT2D eigenvalue weighted by atomic mass is 10.2. The van der Waals surface area contributed by atoms with E-state index in [0.29, 0.717) is 5.25 Å². The van der Waals surface area contributed by atoms with E-state index in [1.54, 1.807) is 0 Å². The lowest BCUT2D eigenvalue weighted by Gasteiger charge is -2.19. The Morgan fingerprint density at radius 3 is 2.25 bits per heavy atom. The van der Waals surface area contributed by atoms with Crippen molar-refractivity contribution in [3.8, 4) is 0 Å². The number of carbonyl (C=O) groups excluding carboxylic acids is 1. The van der Waals surface area contributed by atoms with Crippen LogP contribution in [0.4, 0.5) is 0 Å². The average Bonchev–Trinajstić information content (AvgIpc) is 2.14. The van der Waals surface area contributed by atoms with Gasteiger partial charge in [-0.25, -0.2) is 0 Å². The molecule has 5 heteroatoms. The summed E-state index contributed by atoms with van der Waals surface area (Å²) in [5.41, 5.74) is 0. The van der Waals surface area contributed by atoms with E-state index in [0.717, 1.165) is 6.42 Å². The van der Waals surface area contributed by atoms with Crippen molar-refractivity contribution in [1.29, 1.82) is 0 Å². The van der Waals surface area contributed by atoms with E-state index in [9.17, 15) is 9.59 Å². The number of aliphatic carboxylic acids is 1. The zero-order valence-corrected chi connectivity index (χ0v) is 11.1. The Morgan fingerprint density at radius 1 is 1.31 bits per heavy atom. The number of amides is 1. The second-order valence-electron chi connectivity index (χ2n) is 4.10. The highest BCUT2D eigenvalue weighted by Crippen LogP contribution is 2.23. The molecule has 94 valence electrons. The van der Waals surface area contributed by atoms with Gasteiger partial charge in [-0.05, 0) is 20.3 Å². The van der Waals surface area contributed by atoms with Gasteiger partial charge in [0, 0.05) is 11.3 Å². The molecule has 0 aliphatic rings. The highest BCUT2D eigenvalue weighted by Gasteiger charge is 2.24. The molecule has 0 radical (unpaired) electrons. The molecule has 16 heavy (non-hydrogen) atoms. The van der Waals surface area contributed by atoms with E-state index in [1.807, 2.05) is 27.7 Å². The van der Waals surface area contributed by atoms with Gasteiger partial charge >= 0.3 is 5.97 Å². The maximum absolute atomic E-state index is 11.7. The van der Waals surface area contributed by atoms with Crippen LogP contribution in [0.15, 0.2) is 0 Å². The number of thioether (sulfide) groups is 1. The number of nitrogens with one attached hydrogen (secondary N) is 1. The predicted molar refractivity (Wildman–Crippen MR) is 66.7 cm³/mol. The standard InChI is InChI=1S/C11H21NO3S/c1-5-8(4)16-9(6-10(13)14)11(15)12-7(2)3/h7-9H,5-6H2,1-4H3,(H,12,15)(H,13,14). The molecule has 0 saturated heterocycles. The first-order valence-corrected chi connectivity index (χ1v) is 6.48. The quantitative estimate of drug-likeness (QED) is 0.721. The Morgan fingerprint density at radius 2 is 1.88 bits per heavy atom. The molecule has 0 heterocycles. The van der Waals surface area contributed by atoms with E-state index in [4.69, 9.17) is 5.11 Å². The fourth-order valence-corrected chi connectivity index (χ4v) is 2.30. The molecule has 0 aliphatic heterocycles. The first-order valence-electron chi connectivity index (χ1n) is 5.54. The minimum atomic E-state index is -0.931. The summed E-state index contributed by atoms with van der Waals surface area (Å²) in [6, 6.07) is 0.0429. The third kappa shape index (κ3) is 6.71. The lowest BCUT2D eigenvalue weighted by Crippen LogP contribution is -2.38. The van der Waals surface area contributed by atoms with E-state index in [2.05, 4.69) is 5.32 Å². The molecular formula is C11H21NO3S. The number of hydrogen-bond acceptors (Lipinski definition) is 3. The number of hydrogen-bond donors (Lipinski definition) is 2. The van der Waals surface area contributed by atoms with Crippen LogP contribution >= 0.6 is 11.8 Å². The van der Waals surface area contributed by atoms with Crippen molar-refractivity contribution in [3.05, 3.63) is 0 Å². The Bertz CT molecular complexity index is 243. The van der Waals surface area contributed by atoms with Crippen LogP contribution in [0.1, 0.15) is 40.5 Å². The minimum absolute atomic E-state index is 0.0429. The molecule has 0 aromatic carbocycles. The van der Waals surface area contributed by atoms with Crippen molar-refractivity contribution in [2.24, 2.45) is 0 Å². The third-order valence-electron chi connectivity index (χ3n) is 2.05. The van der Waals surface area contributed by atoms with Crippen LogP contribution in [-0.4, -0.2) is 33.5 Å². The molecular weight excluding hydrogens is 226 g/mol. The molecule has 2 N–H and O–H groups in total. The van der Waals surface area contributed by atoms with Gasteiger partial charge in [0.15, 0.2) is 0 Å². The average molecular weight is 247 g/mol. The van der Waals surface area contributed by atoms with Crippen molar-refractivity contribution in [2.45, 2.75) is 57.1 Å². The van der Waals surface area contributed by atoms with Crippen LogP contribution in [0.5, 0.6) is 0 Å². The molecule has 2 atom stereocenters. The summed E-state index contributed by atoms with van der Waals surface area (Å²) in [5.74, 6) is -1.11. The number of rotatable bonds is 7. The van der Waals surface area contributed by atoms with Gasteiger partial charge in [0.05, 0.1) is 11.7 Å². The largest absolute Gasteiger partial charge is 0.481 e. The number of carboxylic acids is 1. The fourth-order valence-electron chi connectivity index (χ4n) is 1.12. The van der Waals surface area contributed by atoms with Crippen molar-refractivity contribution >= 4 is 23.6 Å². The second-order valence-corrected chi connectivity index (χ2v) is 5.75. The van der Waals surface area contributed by atoms with Crippen molar-refractivity contribution in [3.63, 3.8) is 0 Å². The van der Waals surface area contributed by atoms with Gasteiger partial charge in [-0.2, -0.15) is 0 Å². The Labute approximate surface area is 101 Å². The molecule has 0 fully saturated rings. The summed E-state index contributed by atoms with van der Waals surface area (Å²) in [5, 5.41) is 11.3. The summed E-state index contributed by atoms with van der Waals surface area (Å²) >= 11 is 1.43. The molecule has 0 aliphatic carbocycles. The first kappa shape index (κ1) is 15.3. The first-order chi connectivity index (χ1) is 7.36. The van der Waals surface area contributed by atoms with Crippen molar-refractivity contribution in [1.82, 2.24) is 5.32 Å². The zero-order chi connectivity index (χ0) is 12.7. The maximum Gasteiger partial charge on any atom is 0.305 e. The number of carboxylic acid groups (broad SMARTS) is 1. The molecule has 0 aromatic rings. The molecule has 0 saturated carbocycles. The molecule has 1 amide bonds. The van der Waals surface area contributed by atoms with Crippen molar-refractivity contribution in [2.75, 3.05) is 0 Å². The summed E-state index contributed by atoms with van der Waals surface area (Å²) in [6.45, 7) is 7.76. The Kier molecular flexibility index (Phi) is 7.21. The Hall–Kier alpha value is -0.710. The third-order valence-corrected chi connectivity index (χ3v) is 3.56. The molecule has 0 rings (SSSR count). The summed E-state index contributed by atoms with van der Waals surface area (Å²) in [4.78, 5) is 22.4. The lowest BCUT2D eigenvalue weighted by molar-refractivity contribution is -0.138. The van der Waals surface area contributed by atoms with Gasteiger partial charge in [0.25, 0.3) is 0 Å². The summed E-state index contributed by atoms with van der Waals surface area (Å²) in [7, 11) is 0. The van der Waals surface area contributed by atoms with Crippen molar-refractivity contribution < 1.29 is 14.7 Å².